The van der Waals surface area contributed by atoms with Crippen molar-refractivity contribution in [3.05, 3.63) is 0 Å². The normalized spacial score (nSPS) is 21.2. The molecule has 1 heterocycles. The first-order chi connectivity index (χ1) is 8.87. The Kier molecular flexibility index (Phi) is 6.77. The van der Waals surface area contributed by atoms with Crippen molar-refractivity contribution in [2.75, 3.05) is 31.9 Å². The molecule has 1 N–H and O–H groups in total. The van der Waals surface area contributed by atoms with E-state index < -0.39 is 10.0 Å². The number of sulfonamides is 1. The second kappa shape index (κ2) is 7.60. The van der Waals surface area contributed by atoms with Crippen LogP contribution in [-0.2, 0) is 10.0 Å². The highest BCUT2D eigenvalue weighted by atomic mass is 32.2. The summed E-state index contributed by atoms with van der Waals surface area (Å²) >= 11 is 0. The van der Waals surface area contributed by atoms with Crippen molar-refractivity contribution in [1.82, 2.24) is 9.62 Å². The molecular weight excluding hydrogens is 260 g/mol. The highest BCUT2D eigenvalue weighted by Gasteiger charge is 2.28. The van der Waals surface area contributed by atoms with Gasteiger partial charge in [0.1, 0.15) is 0 Å². The Balaban J connectivity index is 2.39. The van der Waals surface area contributed by atoms with Crippen molar-refractivity contribution in [2.24, 2.45) is 5.41 Å². The molecule has 0 unspecified atom stereocenters. The van der Waals surface area contributed by atoms with Crippen LogP contribution in [0.2, 0.25) is 0 Å². The third kappa shape index (κ3) is 6.23. The molecule has 0 spiro atoms. The molecule has 1 saturated heterocycles. The van der Waals surface area contributed by atoms with E-state index in [4.69, 9.17) is 0 Å². The average Bonchev–Trinajstić information content (AvgIpc) is 2.50. The summed E-state index contributed by atoms with van der Waals surface area (Å²) in [6.07, 6.45) is 4.88. The van der Waals surface area contributed by atoms with Crippen LogP contribution in [0.3, 0.4) is 0 Å². The molecule has 1 aliphatic rings. The van der Waals surface area contributed by atoms with Gasteiger partial charge in [-0.3, -0.25) is 0 Å². The number of rotatable bonds is 7. The van der Waals surface area contributed by atoms with E-state index in [9.17, 15) is 8.42 Å². The van der Waals surface area contributed by atoms with Crippen LogP contribution in [0, 0.1) is 5.41 Å². The number of hydrogen-bond acceptors (Lipinski definition) is 3. The van der Waals surface area contributed by atoms with Gasteiger partial charge in [0.2, 0.25) is 10.0 Å². The van der Waals surface area contributed by atoms with E-state index >= 15 is 0 Å². The summed E-state index contributed by atoms with van der Waals surface area (Å²) in [5, 5.41) is 3.25. The molecule has 0 aromatic rings. The predicted molar refractivity (Wildman–Crippen MR) is 80.8 cm³/mol. The van der Waals surface area contributed by atoms with Crippen LogP contribution in [0.5, 0.6) is 0 Å². The molecule has 114 valence electrons. The van der Waals surface area contributed by atoms with Crippen molar-refractivity contribution in [3.8, 4) is 0 Å². The van der Waals surface area contributed by atoms with Crippen LogP contribution in [0.1, 0.15) is 52.9 Å². The summed E-state index contributed by atoms with van der Waals surface area (Å²) in [5.41, 5.74) is 0.285. The standard InChI is InChI=1S/C14H30N2O2S/c1-4-9-15-10-6-13-19(17,18)16-11-5-7-14(2,3)8-12-16/h15H,4-13H2,1-3H3. The molecule has 1 rings (SSSR count). The fourth-order valence-corrected chi connectivity index (χ4v) is 4.03. The van der Waals surface area contributed by atoms with Gasteiger partial charge in [-0.15, -0.1) is 0 Å². The highest BCUT2D eigenvalue weighted by Crippen LogP contribution is 2.30. The summed E-state index contributed by atoms with van der Waals surface area (Å²) in [6.45, 7) is 9.74. The lowest BCUT2D eigenvalue weighted by Gasteiger charge is -2.23. The van der Waals surface area contributed by atoms with Gasteiger partial charge in [0.15, 0.2) is 0 Å². The third-order valence-electron chi connectivity index (χ3n) is 3.88. The zero-order chi connectivity index (χ0) is 14.4. The zero-order valence-corrected chi connectivity index (χ0v) is 13.6. The smallest absolute Gasteiger partial charge is 0.214 e. The quantitative estimate of drug-likeness (QED) is 0.731. The van der Waals surface area contributed by atoms with Crippen molar-refractivity contribution in [3.63, 3.8) is 0 Å². The highest BCUT2D eigenvalue weighted by molar-refractivity contribution is 7.89. The lowest BCUT2D eigenvalue weighted by atomic mass is 9.85. The van der Waals surface area contributed by atoms with E-state index in [0.717, 1.165) is 38.8 Å². The molecule has 0 bridgehead atoms. The Hall–Kier alpha value is -0.130. The monoisotopic (exact) mass is 290 g/mol. The molecule has 0 amide bonds. The van der Waals surface area contributed by atoms with E-state index in [-0.39, 0.29) is 11.2 Å². The maximum absolute atomic E-state index is 12.3. The fourth-order valence-electron chi connectivity index (χ4n) is 2.49. The maximum atomic E-state index is 12.3. The molecular formula is C14H30N2O2S. The lowest BCUT2D eigenvalue weighted by Crippen LogP contribution is -2.35. The van der Waals surface area contributed by atoms with Crippen LogP contribution in [0.4, 0.5) is 0 Å². The molecule has 4 nitrogen and oxygen atoms in total. The van der Waals surface area contributed by atoms with Crippen molar-refractivity contribution < 1.29 is 8.42 Å². The molecule has 0 radical (unpaired) electrons. The van der Waals surface area contributed by atoms with Gasteiger partial charge in [0, 0.05) is 13.1 Å². The Morgan fingerprint density at radius 1 is 1.16 bits per heavy atom. The Morgan fingerprint density at radius 3 is 2.58 bits per heavy atom. The van der Waals surface area contributed by atoms with E-state index in [2.05, 4.69) is 26.1 Å². The summed E-state index contributed by atoms with van der Waals surface area (Å²) in [5.74, 6) is 0.282. The topological polar surface area (TPSA) is 49.4 Å². The second-order valence-corrected chi connectivity index (χ2v) is 8.42. The van der Waals surface area contributed by atoms with Crippen LogP contribution < -0.4 is 5.32 Å². The number of hydrogen-bond donors (Lipinski definition) is 1. The van der Waals surface area contributed by atoms with Gasteiger partial charge in [-0.1, -0.05) is 20.8 Å². The SMILES string of the molecule is CCCNCCCS(=O)(=O)N1CCCC(C)(C)CC1. The third-order valence-corrected chi connectivity index (χ3v) is 5.83. The first-order valence-electron chi connectivity index (χ1n) is 7.56. The van der Waals surface area contributed by atoms with E-state index in [1.807, 2.05) is 0 Å². The van der Waals surface area contributed by atoms with Crippen molar-refractivity contribution in [1.29, 1.82) is 0 Å². The van der Waals surface area contributed by atoms with Crippen LogP contribution in [-0.4, -0.2) is 44.7 Å². The van der Waals surface area contributed by atoms with Crippen LogP contribution in [0.15, 0.2) is 0 Å². The van der Waals surface area contributed by atoms with Gasteiger partial charge < -0.3 is 5.32 Å². The minimum Gasteiger partial charge on any atom is -0.317 e. The molecule has 0 aliphatic carbocycles. The lowest BCUT2D eigenvalue weighted by molar-refractivity contribution is 0.314. The van der Waals surface area contributed by atoms with E-state index in [1.165, 1.54) is 0 Å². The summed E-state index contributed by atoms with van der Waals surface area (Å²) in [4.78, 5) is 0. The van der Waals surface area contributed by atoms with Gasteiger partial charge in [-0.25, -0.2) is 12.7 Å². The minimum atomic E-state index is -3.05. The second-order valence-electron chi connectivity index (χ2n) is 6.34. The molecule has 1 aliphatic heterocycles. The van der Waals surface area contributed by atoms with Crippen LogP contribution >= 0.6 is 0 Å². The summed E-state index contributed by atoms with van der Waals surface area (Å²) in [6, 6.07) is 0. The van der Waals surface area contributed by atoms with E-state index in [0.29, 0.717) is 19.5 Å². The molecule has 19 heavy (non-hydrogen) atoms. The summed E-state index contributed by atoms with van der Waals surface area (Å²) in [7, 11) is -3.05. The van der Waals surface area contributed by atoms with Gasteiger partial charge in [0.25, 0.3) is 0 Å². The Morgan fingerprint density at radius 2 is 1.89 bits per heavy atom. The molecule has 1 fully saturated rings. The Labute approximate surface area is 119 Å². The van der Waals surface area contributed by atoms with Crippen LogP contribution in [0.25, 0.3) is 0 Å². The average molecular weight is 290 g/mol. The summed E-state index contributed by atoms with van der Waals surface area (Å²) < 4.78 is 26.3. The number of nitrogens with one attached hydrogen (secondary N) is 1. The fraction of sp³-hybridized carbons (Fsp3) is 1.00. The number of nitrogens with zero attached hydrogens (tertiary/aromatic N) is 1. The first-order valence-corrected chi connectivity index (χ1v) is 9.17. The van der Waals surface area contributed by atoms with Crippen molar-refractivity contribution in [2.45, 2.75) is 52.9 Å². The van der Waals surface area contributed by atoms with Gasteiger partial charge in [-0.2, -0.15) is 0 Å². The molecule has 5 heteroatoms. The van der Waals surface area contributed by atoms with E-state index in [1.54, 1.807) is 4.31 Å². The largest absolute Gasteiger partial charge is 0.317 e. The minimum absolute atomic E-state index is 0.282. The molecule has 0 saturated carbocycles. The zero-order valence-electron chi connectivity index (χ0n) is 12.7. The van der Waals surface area contributed by atoms with Gasteiger partial charge >= 0.3 is 0 Å². The van der Waals surface area contributed by atoms with Gasteiger partial charge in [-0.05, 0) is 50.6 Å². The molecule has 0 aromatic heterocycles. The molecule has 0 atom stereocenters. The Bertz CT molecular complexity index is 352. The molecule has 0 aromatic carbocycles. The first kappa shape index (κ1) is 16.9. The van der Waals surface area contributed by atoms with Gasteiger partial charge in [0.05, 0.1) is 5.75 Å². The van der Waals surface area contributed by atoms with Crippen molar-refractivity contribution >= 4 is 10.0 Å². The maximum Gasteiger partial charge on any atom is 0.214 e. The predicted octanol–water partition coefficient (Wildman–Crippen LogP) is 2.22.